The molecule has 0 aliphatic carbocycles. The van der Waals surface area contributed by atoms with Crippen molar-refractivity contribution in [3.63, 3.8) is 0 Å². The smallest absolute Gasteiger partial charge is 0.339 e. The number of nitrogens with zero attached hydrogens (tertiary/aromatic N) is 1. The molecule has 17 heavy (non-hydrogen) atoms. The summed E-state index contributed by atoms with van der Waals surface area (Å²) < 4.78 is 5.69. The second-order valence-corrected chi connectivity index (χ2v) is 4.67. The number of carbonyl (C=O) groups is 1. The van der Waals surface area contributed by atoms with E-state index in [1.54, 1.807) is 19.1 Å². The average molecular weight is 315 g/mol. The third kappa shape index (κ3) is 2.58. The molecule has 0 spiro atoms. The number of ether oxygens (including phenoxy) is 1. The number of aromatic nitrogens is 1. The minimum atomic E-state index is -0.374. The number of hydrogen-bond donors (Lipinski definition) is 0. The third-order valence-corrected chi connectivity index (χ3v) is 3.43. The molecule has 0 atom stereocenters. The molecule has 2 rings (SSSR count). The summed E-state index contributed by atoms with van der Waals surface area (Å²) in [6, 6.07) is 5.29. The van der Waals surface area contributed by atoms with E-state index >= 15 is 0 Å². The van der Waals surface area contributed by atoms with Crippen molar-refractivity contribution < 1.29 is 9.53 Å². The number of esters is 1. The Balaban J connectivity index is 2.50. The molecule has 0 saturated heterocycles. The Morgan fingerprint density at radius 3 is 2.94 bits per heavy atom. The standard InChI is InChI=1S/C12H9BrClNO2/c1-2-17-12(16)8-3-7-4-10(14)9(13)5-11(7)15-6-8/h3-6H,2H2,1H3. The van der Waals surface area contributed by atoms with Gasteiger partial charge in [-0.3, -0.25) is 4.98 Å². The lowest BCUT2D eigenvalue weighted by molar-refractivity contribution is 0.0526. The van der Waals surface area contributed by atoms with Crippen molar-refractivity contribution in [3.05, 3.63) is 39.5 Å². The average Bonchev–Trinajstić information content (AvgIpc) is 2.30. The molecule has 5 heteroatoms. The summed E-state index contributed by atoms with van der Waals surface area (Å²) in [5.41, 5.74) is 1.20. The van der Waals surface area contributed by atoms with Gasteiger partial charge < -0.3 is 4.74 Å². The third-order valence-electron chi connectivity index (χ3n) is 2.23. The molecule has 2 aromatic rings. The van der Waals surface area contributed by atoms with Crippen LogP contribution in [0.1, 0.15) is 17.3 Å². The van der Waals surface area contributed by atoms with E-state index in [9.17, 15) is 4.79 Å². The maximum absolute atomic E-state index is 11.5. The highest BCUT2D eigenvalue weighted by atomic mass is 79.9. The fraction of sp³-hybridized carbons (Fsp3) is 0.167. The van der Waals surface area contributed by atoms with Crippen LogP contribution in [0.2, 0.25) is 5.02 Å². The fourth-order valence-electron chi connectivity index (χ4n) is 1.45. The number of fused-ring (bicyclic) bond motifs is 1. The van der Waals surface area contributed by atoms with Crippen molar-refractivity contribution in [2.45, 2.75) is 6.92 Å². The number of carbonyl (C=O) groups excluding carboxylic acids is 1. The predicted octanol–water partition coefficient (Wildman–Crippen LogP) is 3.83. The Morgan fingerprint density at radius 2 is 2.24 bits per heavy atom. The first-order valence-corrected chi connectivity index (χ1v) is 6.21. The quantitative estimate of drug-likeness (QED) is 0.791. The topological polar surface area (TPSA) is 39.2 Å². The zero-order chi connectivity index (χ0) is 12.4. The molecule has 0 unspecified atom stereocenters. The number of pyridine rings is 1. The highest BCUT2D eigenvalue weighted by Crippen LogP contribution is 2.27. The van der Waals surface area contributed by atoms with E-state index in [1.165, 1.54) is 6.20 Å². The number of halogens is 2. The second-order valence-electron chi connectivity index (χ2n) is 3.40. The van der Waals surface area contributed by atoms with Crippen molar-refractivity contribution in [2.75, 3.05) is 6.61 Å². The molecule has 0 saturated carbocycles. The molecule has 3 nitrogen and oxygen atoms in total. The van der Waals surface area contributed by atoms with Crippen molar-refractivity contribution >= 4 is 44.4 Å². The monoisotopic (exact) mass is 313 g/mol. The molecule has 1 aromatic carbocycles. The van der Waals surface area contributed by atoms with Crippen LogP contribution in [0, 0.1) is 0 Å². The van der Waals surface area contributed by atoms with Gasteiger partial charge in [0.05, 0.1) is 22.7 Å². The van der Waals surface area contributed by atoms with Crippen molar-refractivity contribution in [1.82, 2.24) is 4.98 Å². The minimum absolute atomic E-state index is 0.345. The molecule has 0 bridgehead atoms. The van der Waals surface area contributed by atoms with Gasteiger partial charge in [-0.15, -0.1) is 0 Å². The van der Waals surface area contributed by atoms with Gasteiger partial charge in [0, 0.05) is 16.1 Å². The Morgan fingerprint density at radius 1 is 1.47 bits per heavy atom. The van der Waals surface area contributed by atoms with Crippen molar-refractivity contribution in [3.8, 4) is 0 Å². The summed E-state index contributed by atoms with van der Waals surface area (Å²) in [6.45, 7) is 2.11. The second kappa shape index (κ2) is 5.02. The zero-order valence-electron chi connectivity index (χ0n) is 9.04. The Kier molecular flexibility index (Phi) is 3.64. The van der Waals surface area contributed by atoms with Crippen molar-refractivity contribution in [1.29, 1.82) is 0 Å². The SMILES string of the molecule is CCOC(=O)c1cnc2cc(Br)c(Cl)cc2c1. The first kappa shape index (κ1) is 12.3. The summed E-state index contributed by atoms with van der Waals surface area (Å²) in [5.74, 6) is -0.374. The fourth-order valence-corrected chi connectivity index (χ4v) is 1.95. The van der Waals surface area contributed by atoms with E-state index in [-0.39, 0.29) is 5.97 Å². The lowest BCUT2D eigenvalue weighted by Crippen LogP contribution is -2.04. The summed E-state index contributed by atoms with van der Waals surface area (Å²) >= 11 is 9.31. The molecule has 0 amide bonds. The summed E-state index contributed by atoms with van der Waals surface area (Å²) in [5, 5.41) is 1.39. The summed E-state index contributed by atoms with van der Waals surface area (Å²) in [4.78, 5) is 15.7. The van der Waals surface area contributed by atoms with Gasteiger partial charge in [0.15, 0.2) is 0 Å². The number of rotatable bonds is 2. The van der Waals surface area contributed by atoms with Gasteiger partial charge in [-0.2, -0.15) is 0 Å². The number of hydrogen-bond acceptors (Lipinski definition) is 3. The Hall–Kier alpha value is -1.13. The van der Waals surface area contributed by atoms with Gasteiger partial charge in [0.25, 0.3) is 0 Å². The lowest BCUT2D eigenvalue weighted by atomic mass is 10.1. The first-order valence-electron chi connectivity index (χ1n) is 5.03. The number of benzene rings is 1. The van der Waals surface area contributed by atoms with E-state index in [0.717, 1.165) is 15.4 Å². The predicted molar refractivity (Wildman–Crippen MR) is 70.4 cm³/mol. The Labute approximate surface area is 112 Å². The molecule has 0 fully saturated rings. The normalized spacial score (nSPS) is 10.5. The van der Waals surface area contributed by atoms with Gasteiger partial charge in [-0.25, -0.2) is 4.79 Å². The van der Waals surface area contributed by atoms with E-state index in [0.29, 0.717) is 17.2 Å². The van der Waals surface area contributed by atoms with E-state index in [4.69, 9.17) is 16.3 Å². The van der Waals surface area contributed by atoms with E-state index < -0.39 is 0 Å². The largest absolute Gasteiger partial charge is 0.462 e. The molecular formula is C12H9BrClNO2. The van der Waals surface area contributed by atoms with Crippen LogP contribution in [0.25, 0.3) is 10.9 Å². The molecule has 1 aromatic heterocycles. The molecule has 0 radical (unpaired) electrons. The molecule has 0 aliphatic rings. The molecule has 0 aliphatic heterocycles. The lowest BCUT2D eigenvalue weighted by Gasteiger charge is -2.04. The van der Waals surface area contributed by atoms with Gasteiger partial charge in [-0.05, 0) is 41.1 Å². The maximum atomic E-state index is 11.5. The molecular weight excluding hydrogens is 305 g/mol. The Bertz CT molecular complexity index is 586. The van der Waals surface area contributed by atoms with Crippen molar-refractivity contribution in [2.24, 2.45) is 0 Å². The van der Waals surface area contributed by atoms with Gasteiger partial charge >= 0.3 is 5.97 Å². The van der Waals surface area contributed by atoms with Crippen LogP contribution < -0.4 is 0 Å². The summed E-state index contributed by atoms with van der Waals surface area (Å²) in [7, 11) is 0. The molecule has 1 heterocycles. The van der Waals surface area contributed by atoms with Gasteiger partial charge in [-0.1, -0.05) is 11.6 Å². The van der Waals surface area contributed by atoms with Crippen LogP contribution in [0.4, 0.5) is 0 Å². The van der Waals surface area contributed by atoms with E-state index in [1.807, 2.05) is 6.07 Å². The van der Waals surface area contributed by atoms with Crippen LogP contribution in [0.5, 0.6) is 0 Å². The van der Waals surface area contributed by atoms with Crippen LogP contribution >= 0.6 is 27.5 Å². The van der Waals surface area contributed by atoms with Gasteiger partial charge in [0.2, 0.25) is 0 Å². The van der Waals surface area contributed by atoms with Crippen LogP contribution in [-0.4, -0.2) is 17.6 Å². The molecule has 0 N–H and O–H groups in total. The highest BCUT2D eigenvalue weighted by molar-refractivity contribution is 9.10. The first-order chi connectivity index (χ1) is 8.11. The van der Waals surface area contributed by atoms with Crippen LogP contribution in [-0.2, 0) is 4.74 Å². The maximum Gasteiger partial charge on any atom is 0.339 e. The highest BCUT2D eigenvalue weighted by Gasteiger charge is 2.09. The van der Waals surface area contributed by atoms with E-state index in [2.05, 4.69) is 20.9 Å². The van der Waals surface area contributed by atoms with Crippen LogP contribution in [0.15, 0.2) is 28.9 Å². The zero-order valence-corrected chi connectivity index (χ0v) is 11.4. The summed E-state index contributed by atoms with van der Waals surface area (Å²) in [6.07, 6.45) is 1.50. The van der Waals surface area contributed by atoms with Gasteiger partial charge in [0.1, 0.15) is 0 Å². The minimum Gasteiger partial charge on any atom is -0.462 e. The van der Waals surface area contributed by atoms with Crippen LogP contribution in [0.3, 0.4) is 0 Å². The molecule has 88 valence electrons.